The van der Waals surface area contributed by atoms with E-state index in [0.717, 1.165) is 0 Å². The zero-order chi connectivity index (χ0) is 10.4. The van der Waals surface area contributed by atoms with Crippen molar-refractivity contribution in [1.82, 2.24) is 0 Å². The van der Waals surface area contributed by atoms with Gasteiger partial charge in [0.05, 0.1) is 0 Å². The van der Waals surface area contributed by atoms with Gasteiger partial charge in [-0.2, -0.15) is 0 Å². The first-order valence-corrected chi connectivity index (χ1v) is 4.42. The van der Waals surface area contributed by atoms with E-state index in [9.17, 15) is 4.79 Å². The molecule has 14 heavy (non-hydrogen) atoms. The number of phenols is 1. The van der Waals surface area contributed by atoms with E-state index in [2.05, 4.69) is 5.32 Å². The predicted molar refractivity (Wildman–Crippen MR) is 53.1 cm³/mol. The number of anilines is 1. The molecular weight excluding hydrogens is 182 g/mol. The van der Waals surface area contributed by atoms with Crippen LogP contribution in [0.2, 0.25) is 0 Å². The van der Waals surface area contributed by atoms with E-state index >= 15 is 0 Å². The lowest BCUT2D eigenvalue weighted by Gasteiger charge is -2.04. The molecule has 0 saturated heterocycles. The molecule has 0 spiro atoms. The SMILES string of the molecule is O=C(CCCO)Nc1cccc(O)c1. The summed E-state index contributed by atoms with van der Waals surface area (Å²) in [4.78, 5) is 11.2. The summed E-state index contributed by atoms with van der Waals surface area (Å²) < 4.78 is 0. The number of hydrogen-bond acceptors (Lipinski definition) is 3. The maximum Gasteiger partial charge on any atom is 0.224 e. The van der Waals surface area contributed by atoms with Crippen molar-refractivity contribution in [2.45, 2.75) is 12.8 Å². The number of aromatic hydroxyl groups is 1. The fourth-order valence-electron chi connectivity index (χ4n) is 1.05. The summed E-state index contributed by atoms with van der Waals surface area (Å²) in [6, 6.07) is 6.34. The standard InChI is InChI=1S/C10H13NO3/c12-6-2-5-10(14)11-8-3-1-4-9(13)7-8/h1,3-4,7,12-13H,2,5-6H2,(H,11,14). The first-order chi connectivity index (χ1) is 6.72. The number of nitrogens with one attached hydrogen (secondary N) is 1. The van der Waals surface area contributed by atoms with Gasteiger partial charge in [0.2, 0.25) is 5.91 Å². The number of amides is 1. The number of carbonyl (C=O) groups is 1. The van der Waals surface area contributed by atoms with Gasteiger partial charge in [0, 0.05) is 24.8 Å². The van der Waals surface area contributed by atoms with Crippen LogP contribution >= 0.6 is 0 Å². The van der Waals surface area contributed by atoms with Crippen LogP contribution in [0.5, 0.6) is 5.75 Å². The number of aliphatic hydroxyl groups excluding tert-OH is 1. The van der Waals surface area contributed by atoms with Crippen LogP contribution in [0.25, 0.3) is 0 Å². The lowest BCUT2D eigenvalue weighted by atomic mass is 10.2. The molecule has 0 saturated carbocycles. The zero-order valence-corrected chi connectivity index (χ0v) is 7.73. The molecule has 1 aromatic carbocycles. The van der Waals surface area contributed by atoms with Crippen LogP contribution in [0.3, 0.4) is 0 Å². The van der Waals surface area contributed by atoms with Gasteiger partial charge in [0.15, 0.2) is 0 Å². The van der Waals surface area contributed by atoms with Gasteiger partial charge in [0.25, 0.3) is 0 Å². The van der Waals surface area contributed by atoms with Crippen LogP contribution in [0.15, 0.2) is 24.3 Å². The third-order valence-corrected chi connectivity index (χ3v) is 1.69. The van der Waals surface area contributed by atoms with Gasteiger partial charge in [-0.25, -0.2) is 0 Å². The molecular formula is C10H13NO3. The molecule has 0 aliphatic rings. The van der Waals surface area contributed by atoms with Gasteiger partial charge in [-0.05, 0) is 18.6 Å². The Morgan fingerprint density at radius 2 is 2.21 bits per heavy atom. The van der Waals surface area contributed by atoms with Crippen LogP contribution in [-0.2, 0) is 4.79 Å². The van der Waals surface area contributed by atoms with Crippen molar-refractivity contribution in [3.8, 4) is 5.75 Å². The fourth-order valence-corrected chi connectivity index (χ4v) is 1.05. The monoisotopic (exact) mass is 195 g/mol. The average Bonchev–Trinajstić information content (AvgIpc) is 2.15. The van der Waals surface area contributed by atoms with E-state index in [1.807, 2.05) is 0 Å². The Hall–Kier alpha value is -1.55. The smallest absolute Gasteiger partial charge is 0.224 e. The number of phenolic OH excluding ortho intramolecular Hbond substituents is 1. The predicted octanol–water partition coefficient (Wildman–Crippen LogP) is 1.10. The topological polar surface area (TPSA) is 69.6 Å². The van der Waals surface area contributed by atoms with Crippen molar-refractivity contribution in [1.29, 1.82) is 0 Å². The quantitative estimate of drug-likeness (QED) is 0.673. The Morgan fingerprint density at radius 3 is 2.86 bits per heavy atom. The molecule has 3 N–H and O–H groups in total. The van der Waals surface area contributed by atoms with Crippen molar-refractivity contribution in [2.24, 2.45) is 0 Å². The third kappa shape index (κ3) is 3.45. The lowest BCUT2D eigenvalue weighted by molar-refractivity contribution is -0.116. The minimum absolute atomic E-state index is 0.00740. The highest BCUT2D eigenvalue weighted by atomic mass is 16.3. The van der Waals surface area contributed by atoms with Crippen molar-refractivity contribution >= 4 is 11.6 Å². The van der Waals surface area contributed by atoms with E-state index in [0.29, 0.717) is 12.1 Å². The highest BCUT2D eigenvalue weighted by Crippen LogP contribution is 2.15. The number of carbonyl (C=O) groups excluding carboxylic acids is 1. The van der Waals surface area contributed by atoms with Crippen LogP contribution in [0.4, 0.5) is 5.69 Å². The highest BCUT2D eigenvalue weighted by molar-refractivity contribution is 5.90. The molecule has 76 valence electrons. The molecule has 4 nitrogen and oxygen atoms in total. The molecule has 1 rings (SSSR count). The molecule has 4 heteroatoms. The number of rotatable bonds is 4. The van der Waals surface area contributed by atoms with Crippen molar-refractivity contribution in [3.63, 3.8) is 0 Å². The minimum Gasteiger partial charge on any atom is -0.508 e. The Kier molecular flexibility index (Phi) is 3.94. The van der Waals surface area contributed by atoms with Gasteiger partial charge >= 0.3 is 0 Å². The summed E-state index contributed by atoms with van der Waals surface area (Å²) in [5, 5.41) is 20.2. The Labute approximate surface area is 82.2 Å². The molecule has 0 heterocycles. The van der Waals surface area contributed by atoms with Crippen molar-refractivity contribution in [2.75, 3.05) is 11.9 Å². The molecule has 0 aliphatic carbocycles. The highest BCUT2D eigenvalue weighted by Gasteiger charge is 2.01. The van der Waals surface area contributed by atoms with Crippen LogP contribution in [0, 0.1) is 0 Å². The van der Waals surface area contributed by atoms with Gasteiger partial charge in [-0.15, -0.1) is 0 Å². The van der Waals surface area contributed by atoms with E-state index in [-0.39, 0.29) is 24.7 Å². The van der Waals surface area contributed by atoms with Gasteiger partial charge < -0.3 is 15.5 Å². The van der Waals surface area contributed by atoms with E-state index in [1.54, 1.807) is 12.1 Å². The maximum absolute atomic E-state index is 11.2. The Balaban J connectivity index is 2.47. The Morgan fingerprint density at radius 1 is 1.43 bits per heavy atom. The lowest BCUT2D eigenvalue weighted by Crippen LogP contribution is -2.11. The first kappa shape index (κ1) is 10.5. The van der Waals surface area contributed by atoms with E-state index in [1.165, 1.54) is 12.1 Å². The summed E-state index contributed by atoms with van der Waals surface area (Å²) in [5.41, 5.74) is 0.563. The maximum atomic E-state index is 11.2. The Bertz CT molecular complexity index is 312. The first-order valence-electron chi connectivity index (χ1n) is 4.42. The number of benzene rings is 1. The normalized spacial score (nSPS) is 9.79. The second kappa shape index (κ2) is 5.24. The molecule has 1 amide bonds. The molecule has 1 aromatic rings. The number of aliphatic hydroxyl groups is 1. The van der Waals surface area contributed by atoms with Crippen molar-refractivity contribution in [3.05, 3.63) is 24.3 Å². The second-order valence-corrected chi connectivity index (χ2v) is 2.93. The molecule has 0 atom stereocenters. The molecule has 0 radical (unpaired) electrons. The molecule has 0 aromatic heterocycles. The molecule has 0 fully saturated rings. The molecule has 0 bridgehead atoms. The summed E-state index contributed by atoms with van der Waals surface area (Å²) in [6.07, 6.45) is 0.733. The summed E-state index contributed by atoms with van der Waals surface area (Å²) in [6.45, 7) is 0.00740. The molecule has 0 unspecified atom stereocenters. The van der Waals surface area contributed by atoms with Crippen LogP contribution in [0.1, 0.15) is 12.8 Å². The minimum atomic E-state index is -0.162. The largest absolute Gasteiger partial charge is 0.508 e. The summed E-state index contributed by atoms with van der Waals surface area (Å²) >= 11 is 0. The fraction of sp³-hybridized carbons (Fsp3) is 0.300. The van der Waals surface area contributed by atoms with Crippen LogP contribution < -0.4 is 5.32 Å². The van der Waals surface area contributed by atoms with Crippen LogP contribution in [-0.4, -0.2) is 22.7 Å². The number of hydrogen-bond donors (Lipinski definition) is 3. The summed E-state index contributed by atoms with van der Waals surface area (Å²) in [7, 11) is 0. The van der Waals surface area contributed by atoms with E-state index < -0.39 is 0 Å². The van der Waals surface area contributed by atoms with Gasteiger partial charge in [-0.1, -0.05) is 6.07 Å². The van der Waals surface area contributed by atoms with E-state index in [4.69, 9.17) is 10.2 Å². The second-order valence-electron chi connectivity index (χ2n) is 2.93. The average molecular weight is 195 g/mol. The zero-order valence-electron chi connectivity index (χ0n) is 7.73. The van der Waals surface area contributed by atoms with Gasteiger partial charge in [0.1, 0.15) is 5.75 Å². The van der Waals surface area contributed by atoms with Gasteiger partial charge in [-0.3, -0.25) is 4.79 Å². The molecule has 0 aliphatic heterocycles. The van der Waals surface area contributed by atoms with Crippen molar-refractivity contribution < 1.29 is 15.0 Å². The summed E-state index contributed by atoms with van der Waals surface area (Å²) in [5.74, 6) is -0.0467. The third-order valence-electron chi connectivity index (χ3n) is 1.69.